The van der Waals surface area contributed by atoms with E-state index in [1.54, 1.807) is 12.4 Å². The van der Waals surface area contributed by atoms with Gasteiger partial charge in [0.2, 0.25) is 0 Å². The quantitative estimate of drug-likeness (QED) is 0.459. The van der Waals surface area contributed by atoms with E-state index in [-0.39, 0.29) is 5.78 Å². The molecule has 1 atom stereocenters. The molecule has 3 rings (SSSR count). The summed E-state index contributed by atoms with van der Waals surface area (Å²) in [5.41, 5.74) is 2.96. The van der Waals surface area contributed by atoms with E-state index in [0.717, 1.165) is 28.5 Å². The Bertz CT molecular complexity index is 875. The van der Waals surface area contributed by atoms with E-state index in [1.807, 2.05) is 35.9 Å². The van der Waals surface area contributed by atoms with Crippen molar-refractivity contribution in [2.75, 3.05) is 5.75 Å². The Balaban J connectivity index is 1.66. The molecule has 0 amide bonds. The lowest BCUT2D eigenvalue weighted by molar-refractivity contribution is 0.102. The number of carbonyl (C=O) groups is 1. The molecule has 0 bridgehead atoms. The molecule has 0 aliphatic heterocycles. The fraction of sp³-hybridized carbons (Fsp3) is 0.300. The summed E-state index contributed by atoms with van der Waals surface area (Å²) in [5.74, 6) is 1.71. The minimum Gasteiger partial charge on any atom is -0.305 e. The Morgan fingerprint density at radius 2 is 1.81 bits per heavy atom. The predicted octanol–water partition coefficient (Wildman–Crippen LogP) is 4.37. The second-order valence-electron chi connectivity index (χ2n) is 6.24. The Hall–Kier alpha value is -2.47. The van der Waals surface area contributed by atoms with Crippen molar-refractivity contribution in [2.24, 2.45) is 7.05 Å². The van der Waals surface area contributed by atoms with Gasteiger partial charge in [-0.25, -0.2) is 0 Å². The SMILES string of the molecule is CC[C@@H](C)c1ccc(C(=O)CSc2nnc(-c3ccncc3)n2C)cc1. The van der Waals surface area contributed by atoms with E-state index in [0.29, 0.717) is 11.7 Å². The lowest BCUT2D eigenvalue weighted by Gasteiger charge is -2.09. The van der Waals surface area contributed by atoms with Crippen LogP contribution in [0.5, 0.6) is 0 Å². The molecule has 0 spiro atoms. The lowest BCUT2D eigenvalue weighted by atomic mass is 9.97. The van der Waals surface area contributed by atoms with Gasteiger partial charge in [-0.3, -0.25) is 9.78 Å². The molecule has 1 aromatic carbocycles. The first-order valence-corrected chi connectivity index (χ1v) is 9.64. The fourth-order valence-corrected chi connectivity index (χ4v) is 3.45. The smallest absolute Gasteiger partial charge is 0.191 e. The van der Waals surface area contributed by atoms with Gasteiger partial charge in [0, 0.05) is 30.6 Å². The number of aromatic nitrogens is 4. The topological polar surface area (TPSA) is 60.7 Å². The van der Waals surface area contributed by atoms with Crippen LogP contribution in [0.25, 0.3) is 11.4 Å². The summed E-state index contributed by atoms with van der Waals surface area (Å²) in [5, 5.41) is 9.16. The second-order valence-corrected chi connectivity index (χ2v) is 7.19. The Morgan fingerprint density at radius 1 is 1.12 bits per heavy atom. The van der Waals surface area contributed by atoms with Crippen molar-refractivity contribution in [3.05, 3.63) is 59.9 Å². The standard InChI is InChI=1S/C20H22N4OS/c1-4-14(2)15-5-7-16(8-6-15)18(25)13-26-20-23-22-19(24(20)3)17-9-11-21-12-10-17/h5-12,14H,4,13H2,1-3H3/t14-/m1/s1. The normalized spacial score (nSPS) is 12.1. The second kappa shape index (κ2) is 8.27. The van der Waals surface area contributed by atoms with Crippen molar-refractivity contribution in [3.8, 4) is 11.4 Å². The number of nitrogens with zero attached hydrogens (tertiary/aromatic N) is 4. The molecular weight excluding hydrogens is 344 g/mol. The zero-order chi connectivity index (χ0) is 18.5. The molecule has 0 radical (unpaired) electrons. The van der Waals surface area contributed by atoms with Crippen molar-refractivity contribution >= 4 is 17.5 Å². The third-order valence-electron chi connectivity index (χ3n) is 4.52. The number of carbonyl (C=O) groups excluding carboxylic acids is 1. The van der Waals surface area contributed by atoms with Crippen LogP contribution >= 0.6 is 11.8 Å². The molecule has 5 nitrogen and oxygen atoms in total. The molecule has 0 aliphatic carbocycles. The molecule has 134 valence electrons. The van der Waals surface area contributed by atoms with Gasteiger partial charge < -0.3 is 4.57 Å². The van der Waals surface area contributed by atoms with Crippen LogP contribution in [0, 0.1) is 0 Å². The highest BCUT2D eigenvalue weighted by Crippen LogP contribution is 2.23. The number of benzene rings is 1. The van der Waals surface area contributed by atoms with Gasteiger partial charge in [0.1, 0.15) is 0 Å². The molecule has 6 heteroatoms. The van der Waals surface area contributed by atoms with Crippen molar-refractivity contribution in [1.82, 2.24) is 19.7 Å². The first-order chi connectivity index (χ1) is 12.6. The van der Waals surface area contributed by atoms with Crippen LogP contribution in [0.15, 0.2) is 53.9 Å². The summed E-state index contributed by atoms with van der Waals surface area (Å²) < 4.78 is 1.90. The zero-order valence-corrected chi connectivity index (χ0v) is 16.0. The number of ketones is 1. The number of rotatable bonds is 7. The predicted molar refractivity (Wildman–Crippen MR) is 104 cm³/mol. The van der Waals surface area contributed by atoms with Crippen LogP contribution in [-0.4, -0.2) is 31.3 Å². The molecule has 26 heavy (non-hydrogen) atoms. The molecule has 0 saturated carbocycles. The van der Waals surface area contributed by atoms with E-state index < -0.39 is 0 Å². The zero-order valence-electron chi connectivity index (χ0n) is 15.2. The summed E-state index contributed by atoms with van der Waals surface area (Å²) >= 11 is 1.40. The average molecular weight is 366 g/mol. The third kappa shape index (κ3) is 4.02. The van der Waals surface area contributed by atoms with Gasteiger partial charge in [-0.05, 0) is 30.0 Å². The largest absolute Gasteiger partial charge is 0.305 e. The van der Waals surface area contributed by atoms with Gasteiger partial charge in [0.05, 0.1) is 5.75 Å². The van der Waals surface area contributed by atoms with Gasteiger partial charge in [-0.15, -0.1) is 10.2 Å². The number of thioether (sulfide) groups is 1. The summed E-state index contributed by atoms with van der Waals surface area (Å²) in [6, 6.07) is 11.7. The van der Waals surface area contributed by atoms with Gasteiger partial charge >= 0.3 is 0 Å². The first kappa shape index (κ1) is 18.3. The number of hydrogen-bond donors (Lipinski definition) is 0. The summed E-state index contributed by atoms with van der Waals surface area (Å²) in [6.07, 6.45) is 4.54. The van der Waals surface area contributed by atoms with Crippen LogP contribution in [0.1, 0.15) is 42.1 Å². The van der Waals surface area contributed by atoms with E-state index >= 15 is 0 Å². The van der Waals surface area contributed by atoms with Crippen LogP contribution in [0.3, 0.4) is 0 Å². The van der Waals surface area contributed by atoms with E-state index in [9.17, 15) is 4.79 Å². The number of Topliss-reactive ketones (excluding diaryl/α,β-unsaturated/α-hetero) is 1. The minimum absolute atomic E-state index is 0.0964. The van der Waals surface area contributed by atoms with Crippen molar-refractivity contribution < 1.29 is 4.79 Å². The minimum atomic E-state index is 0.0964. The van der Waals surface area contributed by atoms with Crippen LogP contribution in [-0.2, 0) is 7.05 Å². The average Bonchev–Trinajstić information content (AvgIpc) is 3.06. The maximum atomic E-state index is 12.5. The van der Waals surface area contributed by atoms with Gasteiger partial charge in [-0.1, -0.05) is 49.9 Å². The highest BCUT2D eigenvalue weighted by molar-refractivity contribution is 7.99. The summed E-state index contributed by atoms with van der Waals surface area (Å²) in [7, 11) is 1.91. The highest BCUT2D eigenvalue weighted by Gasteiger charge is 2.14. The van der Waals surface area contributed by atoms with Gasteiger partial charge in [-0.2, -0.15) is 0 Å². The van der Waals surface area contributed by atoms with Crippen molar-refractivity contribution in [3.63, 3.8) is 0 Å². The molecule has 3 aromatic rings. The van der Waals surface area contributed by atoms with Crippen LogP contribution < -0.4 is 0 Å². The van der Waals surface area contributed by atoms with Gasteiger partial charge in [0.15, 0.2) is 16.8 Å². The molecular formula is C20H22N4OS. The maximum absolute atomic E-state index is 12.5. The van der Waals surface area contributed by atoms with Gasteiger partial charge in [0.25, 0.3) is 0 Å². The van der Waals surface area contributed by atoms with E-state index in [4.69, 9.17) is 0 Å². The van der Waals surface area contributed by atoms with Crippen molar-refractivity contribution in [1.29, 1.82) is 0 Å². The van der Waals surface area contributed by atoms with E-state index in [2.05, 4.69) is 41.2 Å². The first-order valence-electron chi connectivity index (χ1n) is 8.66. The Kier molecular flexibility index (Phi) is 5.83. The lowest BCUT2D eigenvalue weighted by Crippen LogP contribution is -2.04. The summed E-state index contributed by atoms with van der Waals surface area (Å²) in [4.78, 5) is 16.5. The summed E-state index contributed by atoms with van der Waals surface area (Å²) in [6.45, 7) is 4.36. The highest BCUT2D eigenvalue weighted by atomic mass is 32.2. The Labute approximate surface area is 157 Å². The third-order valence-corrected chi connectivity index (χ3v) is 5.54. The van der Waals surface area contributed by atoms with Crippen LogP contribution in [0.2, 0.25) is 0 Å². The monoisotopic (exact) mass is 366 g/mol. The molecule has 0 aliphatic rings. The molecule has 2 aromatic heterocycles. The Morgan fingerprint density at radius 3 is 2.46 bits per heavy atom. The maximum Gasteiger partial charge on any atom is 0.191 e. The number of pyridine rings is 1. The molecule has 0 fully saturated rings. The molecule has 2 heterocycles. The number of hydrogen-bond acceptors (Lipinski definition) is 5. The fourth-order valence-electron chi connectivity index (χ4n) is 2.64. The van der Waals surface area contributed by atoms with E-state index in [1.165, 1.54) is 17.3 Å². The van der Waals surface area contributed by atoms with Crippen molar-refractivity contribution in [2.45, 2.75) is 31.3 Å². The molecule has 0 unspecified atom stereocenters. The van der Waals surface area contributed by atoms with Crippen LogP contribution in [0.4, 0.5) is 0 Å². The molecule has 0 saturated heterocycles. The molecule has 0 N–H and O–H groups in total.